The fourth-order valence-electron chi connectivity index (χ4n) is 1.46. The van der Waals surface area contributed by atoms with Crippen LogP contribution in [-0.2, 0) is 9.05 Å². The second-order valence-corrected chi connectivity index (χ2v) is 7.67. The average Bonchev–Trinajstić information content (AvgIpc) is 2.27. The third kappa shape index (κ3) is 4.21. The Bertz CT molecular complexity index is 594. The predicted octanol–water partition coefficient (Wildman–Crippen LogP) is 2.84. The number of benzene rings is 1. The van der Waals surface area contributed by atoms with Gasteiger partial charge >= 0.3 is 0 Å². The summed E-state index contributed by atoms with van der Waals surface area (Å²) in [6, 6.07) is 4.27. The SMILES string of the molecule is CCC(C)(C)NC(=O)c1cc(S(=O)(=O)Cl)ccc1C. The van der Waals surface area contributed by atoms with Crippen molar-refractivity contribution in [2.45, 2.75) is 44.6 Å². The molecule has 0 saturated heterocycles. The van der Waals surface area contributed by atoms with E-state index in [0.717, 1.165) is 6.42 Å². The van der Waals surface area contributed by atoms with Gasteiger partial charge in [0.25, 0.3) is 15.0 Å². The van der Waals surface area contributed by atoms with Gasteiger partial charge in [0.2, 0.25) is 0 Å². The van der Waals surface area contributed by atoms with Gasteiger partial charge < -0.3 is 5.32 Å². The van der Waals surface area contributed by atoms with Gasteiger partial charge in [-0.1, -0.05) is 13.0 Å². The van der Waals surface area contributed by atoms with Gasteiger partial charge in [-0.2, -0.15) is 0 Å². The minimum absolute atomic E-state index is 0.0702. The van der Waals surface area contributed by atoms with E-state index in [1.165, 1.54) is 12.1 Å². The van der Waals surface area contributed by atoms with Gasteiger partial charge in [0, 0.05) is 21.8 Å². The number of nitrogens with one attached hydrogen (secondary N) is 1. The Labute approximate surface area is 118 Å². The molecular weight excluding hydrogens is 286 g/mol. The summed E-state index contributed by atoms with van der Waals surface area (Å²) in [6.07, 6.45) is 0.769. The number of amides is 1. The maximum atomic E-state index is 12.2. The Morgan fingerprint density at radius 1 is 1.37 bits per heavy atom. The summed E-state index contributed by atoms with van der Waals surface area (Å²) in [5.74, 6) is -0.300. The Kier molecular flexibility index (Phi) is 4.63. The smallest absolute Gasteiger partial charge is 0.261 e. The molecule has 0 fully saturated rings. The molecule has 1 aromatic carbocycles. The van der Waals surface area contributed by atoms with Crippen LogP contribution in [0.4, 0.5) is 0 Å². The van der Waals surface area contributed by atoms with Crippen molar-refractivity contribution in [1.82, 2.24) is 5.32 Å². The predicted molar refractivity (Wildman–Crippen MR) is 76.1 cm³/mol. The van der Waals surface area contributed by atoms with Crippen molar-refractivity contribution in [2.24, 2.45) is 0 Å². The van der Waals surface area contributed by atoms with Crippen LogP contribution >= 0.6 is 10.7 Å². The summed E-state index contributed by atoms with van der Waals surface area (Å²) >= 11 is 0. The molecule has 19 heavy (non-hydrogen) atoms. The number of aryl methyl sites for hydroxylation is 1. The third-order valence-corrected chi connectivity index (χ3v) is 4.42. The first kappa shape index (κ1) is 16.0. The van der Waals surface area contributed by atoms with E-state index in [9.17, 15) is 13.2 Å². The highest BCUT2D eigenvalue weighted by Gasteiger charge is 2.21. The van der Waals surface area contributed by atoms with Gasteiger partial charge in [-0.05, 0) is 44.9 Å². The van der Waals surface area contributed by atoms with Gasteiger partial charge in [0.1, 0.15) is 0 Å². The summed E-state index contributed by atoms with van der Waals surface area (Å²) in [6.45, 7) is 7.52. The van der Waals surface area contributed by atoms with Crippen molar-refractivity contribution < 1.29 is 13.2 Å². The second kappa shape index (κ2) is 5.51. The van der Waals surface area contributed by atoms with Gasteiger partial charge in [0.15, 0.2) is 0 Å². The molecule has 1 rings (SSSR count). The van der Waals surface area contributed by atoms with Crippen molar-refractivity contribution in [3.63, 3.8) is 0 Å². The monoisotopic (exact) mass is 303 g/mol. The van der Waals surface area contributed by atoms with Crippen molar-refractivity contribution in [2.75, 3.05) is 0 Å². The molecule has 4 nitrogen and oxygen atoms in total. The molecule has 1 amide bonds. The molecule has 0 spiro atoms. The van der Waals surface area contributed by atoms with E-state index in [-0.39, 0.29) is 16.3 Å². The molecule has 0 radical (unpaired) electrons. The Balaban J connectivity index is 3.17. The largest absolute Gasteiger partial charge is 0.347 e. The first-order valence-corrected chi connectivity index (χ1v) is 8.25. The summed E-state index contributed by atoms with van der Waals surface area (Å²) in [5, 5.41) is 2.86. The molecule has 1 N–H and O–H groups in total. The molecule has 0 aliphatic carbocycles. The lowest BCUT2D eigenvalue weighted by Gasteiger charge is -2.25. The normalized spacial score (nSPS) is 12.3. The van der Waals surface area contributed by atoms with Crippen LogP contribution in [0.5, 0.6) is 0 Å². The molecule has 0 saturated carbocycles. The minimum atomic E-state index is -3.83. The lowest BCUT2D eigenvalue weighted by molar-refractivity contribution is 0.0910. The van der Waals surface area contributed by atoms with Crippen LogP contribution in [-0.4, -0.2) is 19.9 Å². The fourth-order valence-corrected chi connectivity index (χ4v) is 2.24. The molecule has 0 heterocycles. The topological polar surface area (TPSA) is 63.2 Å². The van der Waals surface area contributed by atoms with Crippen molar-refractivity contribution in [3.05, 3.63) is 29.3 Å². The first-order valence-electron chi connectivity index (χ1n) is 5.94. The van der Waals surface area contributed by atoms with Crippen LogP contribution in [0.2, 0.25) is 0 Å². The highest BCUT2D eigenvalue weighted by atomic mass is 35.7. The van der Waals surface area contributed by atoms with Gasteiger partial charge in [-0.15, -0.1) is 0 Å². The van der Waals surface area contributed by atoms with E-state index < -0.39 is 9.05 Å². The van der Waals surface area contributed by atoms with Crippen LogP contribution in [0, 0.1) is 6.92 Å². The van der Waals surface area contributed by atoms with Crippen molar-refractivity contribution in [1.29, 1.82) is 0 Å². The maximum Gasteiger partial charge on any atom is 0.261 e. The standard InChI is InChI=1S/C13H18ClNO3S/c1-5-13(3,4)15-12(16)11-8-10(19(14,17)18)7-6-9(11)2/h6-8H,5H2,1-4H3,(H,15,16). The zero-order valence-electron chi connectivity index (χ0n) is 11.5. The molecule has 6 heteroatoms. The number of carbonyl (C=O) groups is 1. The molecule has 0 aliphatic heterocycles. The summed E-state index contributed by atoms with van der Waals surface area (Å²) < 4.78 is 22.6. The van der Waals surface area contributed by atoms with Crippen molar-refractivity contribution >= 4 is 25.6 Å². The molecule has 0 aromatic heterocycles. The zero-order chi connectivity index (χ0) is 14.8. The number of hydrogen-bond acceptors (Lipinski definition) is 3. The third-order valence-electron chi connectivity index (χ3n) is 3.07. The molecule has 0 bridgehead atoms. The zero-order valence-corrected chi connectivity index (χ0v) is 13.0. The maximum absolute atomic E-state index is 12.2. The summed E-state index contributed by atoms with van der Waals surface area (Å²) in [5.41, 5.74) is 0.677. The van der Waals surface area contributed by atoms with Crippen LogP contribution in [0.15, 0.2) is 23.1 Å². The first-order chi connectivity index (χ1) is 8.57. The number of rotatable bonds is 4. The highest BCUT2D eigenvalue weighted by Crippen LogP contribution is 2.20. The summed E-state index contributed by atoms with van der Waals surface area (Å²) in [7, 11) is 1.46. The van der Waals surface area contributed by atoms with Crippen LogP contribution in [0.3, 0.4) is 0 Å². The van der Waals surface area contributed by atoms with Crippen LogP contribution < -0.4 is 5.32 Å². The Morgan fingerprint density at radius 2 is 1.95 bits per heavy atom. The molecule has 1 aromatic rings. The second-order valence-electron chi connectivity index (χ2n) is 5.11. The molecule has 106 valence electrons. The average molecular weight is 304 g/mol. The van der Waals surface area contributed by atoms with Gasteiger partial charge in [-0.3, -0.25) is 4.79 Å². The number of hydrogen-bond donors (Lipinski definition) is 1. The molecular formula is C13H18ClNO3S. The Morgan fingerprint density at radius 3 is 2.42 bits per heavy atom. The van der Waals surface area contributed by atoms with E-state index in [1.54, 1.807) is 13.0 Å². The quantitative estimate of drug-likeness (QED) is 0.870. The van der Waals surface area contributed by atoms with E-state index in [1.807, 2.05) is 20.8 Å². The molecule has 0 unspecified atom stereocenters. The van der Waals surface area contributed by atoms with Crippen molar-refractivity contribution in [3.8, 4) is 0 Å². The van der Waals surface area contributed by atoms with Gasteiger partial charge in [0.05, 0.1) is 4.90 Å². The van der Waals surface area contributed by atoms with Gasteiger partial charge in [-0.25, -0.2) is 8.42 Å². The fraction of sp³-hybridized carbons (Fsp3) is 0.462. The molecule has 0 aliphatic rings. The summed E-state index contributed by atoms with van der Waals surface area (Å²) in [4.78, 5) is 12.1. The van der Waals surface area contributed by atoms with E-state index >= 15 is 0 Å². The van der Waals surface area contributed by atoms with E-state index in [0.29, 0.717) is 11.1 Å². The highest BCUT2D eigenvalue weighted by molar-refractivity contribution is 8.13. The van der Waals surface area contributed by atoms with E-state index in [2.05, 4.69) is 5.32 Å². The lowest BCUT2D eigenvalue weighted by Crippen LogP contribution is -2.43. The van der Waals surface area contributed by atoms with E-state index in [4.69, 9.17) is 10.7 Å². The van der Waals surface area contributed by atoms with Crippen LogP contribution in [0.25, 0.3) is 0 Å². The number of halogens is 1. The Hall–Kier alpha value is -1.07. The minimum Gasteiger partial charge on any atom is -0.347 e. The van der Waals surface area contributed by atoms with Crippen LogP contribution in [0.1, 0.15) is 43.1 Å². The number of carbonyl (C=O) groups excluding carboxylic acids is 1. The lowest BCUT2D eigenvalue weighted by atomic mass is 10.0. The molecule has 0 atom stereocenters.